The van der Waals surface area contributed by atoms with Gasteiger partial charge in [0.25, 0.3) is 0 Å². The quantitative estimate of drug-likeness (QED) is 0.653. The Bertz CT molecular complexity index is 1080. The molecule has 1 atom stereocenters. The second kappa shape index (κ2) is 9.78. The summed E-state index contributed by atoms with van der Waals surface area (Å²) in [6.45, 7) is 7.05. The number of piperidine rings is 1. The van der Waals surface area contributed by atoms with Crippen LogP contribution >= 0.6 is 11.8 Å². The van der Waals surface area contributed by atoms with Crippen LogP contribution in [-0.4, -0.2) is 64.9 Å². The Hall–Kier alpha value is -1.87. The number of carbonyl (C=O) groups is 1. The minimum absolute atomic E-state index is 0.127. The third kappa shape index (κ3) is 5.29. The van der Waals surface area contributed by atoms with E-state index in [-0.39, 0.29) is 11.4 Å². The van der Waals surface area contributed by atoms with Crippen molar-refractivity contribution in [1.82, 2.24) is 9.21 Å². The first-order valence-corrected chi connectivity index (χ1v) is 13.9. The molecule has 0 aliphatic carbocycles. The molecule has 0 radical (unpaired) electrons. The van der Waals surface area contributed by atoms with E-state index < -0.39 is 26.8 Å². The van der Waals surface area contributed by atoms with E-state index in [0.717, 1.165) is 35.1 Å². The zero-order chi connectivity index (χ0) is 23.6. The number of nitrogens with zero attached hydrogens (tertiary/aromatic N) is 2. The van der Waals surface area contributed by atoms with Crippen LogP contribution in [0.4, 0.5) is 0 Å². The normalized spacial score (nSPS) is 22.2. The van der Waals surface area contributed by atoms with Gasteiger partial charge in [0.15, 0.2) is 0 Å². The molecule has 178 valence electrons. The molecule has 33 heavy (non-hydrogen) atoms. The average Bonchev–Trinajstić information content (AvgIpc) is 2.79. The lowest BCUT2D eigenvalue weighted by atomic mass is 10.0. The summed E-state index contributed by atoms with van der Waals surface area (Å²) >= 11 is 1.49. The third-order valence-corrected chi connectivity index (χ3v) is 9.80. The predicted molar refractivity (Wildman–Crippen MR) is 133 cm³/mol. The largest absolute Gasteiger partial charge is 0.480 e. The molecule has 4 rings (SSSR count). The van der Waals surface area contributed by atoms with Gasteiger partial charge in [-0.3, -0.25) is 9.69 Å². The predicted octanol–water partition coefficient (Wildman–Crippen LogP) is 4.31. The first-order chi connectivity index (χ1) is 15.7. The molecule has 1 N–H and O–H groups in total. The van der Waals surface area contributed by atoms with Crippen LogP contribution in [0.3, 0.4) is 0 Å². The van der Waals surface area contributed by atoms with Gasteiger partial charge in [-0.1, -0.05) is 42.8 Å². The third-order valence-electron chi connectivity index (χ3n) is 6.57. The van der Waals surface area contributed by atoms with Crippen molar-refractivity contribution in [2.24, 2.45) is 0 Å². The summed E-state index contributed by atoms with van der Waals surface area (Å²) < 4.78 is 27.1. The summed E-state index contributed by atoms with van der Waals surface area (Å²) in [5, 5.41) is 9.75. The number of carboxylic acids is 1. The molecule has 2 aliphatic rings. The lowest BCUT2D eigenvalue weighted by Gasteiger charge is -2.42. The highest BCUT2D eigenvalue weighted by atomic mass is 32.2. The van der Waals surface area contributed by atoms with Crippen LogP contribution in [0, 0.1) is 0 Å². The van der Waals surface area contributed by atoms with Gasteiger partial charge in [-0.05, 0) is 68.6 Å². The van der Waals surface area contributed by atoms with Crippen molar-refractivity contribution < 1.29 is 18.3 Å². The van der Waals surface area contributed by atoms with E-state index in [1.807, 2.05) is 0 Å². The van der Waals surface area contributed by atoms with Crippen LogP contribution in [0.2, 0.25) is 0 Å². The zero-order valence-corrected chi connectivity index (χ0v) is 20.9. The maximum atomic E-state index is 13.3. The highest BCUT2D eigenvalue weighted by molar-refractivity contribution is 8.00. The lowest BCUT2D eigenvalue weighted by Crippen LogP contribution is -2.58. The summed E-state index contributed by atoms with van der Waals surface area (Å²) in [6, 6.07) is 14.1. The molecule has 0 spiro atoms. The van der Waals surface area contributed by atoms with Crippen LogP contribution in [0.15, 0.2) is 53.4 Å². The Morgan fingerprint density at radius 2 is 1.55 bits per heavy atom. The second-order valence-corrected chi connectivity index (χ2v) is 13.0. The Morgan fingerprint density at radius 3 is 2.12 bits per heavy atom. The Balaban J connectivity index is 1.51. The van der Waals surface area contributed by atoms with Gasteiger partial charge >= 0.3 is 5.97 Å². The van der Waals surface area contributed by atoms with Gasteiger partial charge in [0.1, 0.15) is 6.04 Å². The summed E-state index contributed by atoms with van der Waals surface area (Å²) in [5.74, 6) is -0.547. The van der Waals surface area contributed by atoms with Gasteiger partial charge in [0.05, 0.1) is 4.90 Å². The van der Waals surface area contributed by atoms with Crippen LogP contribution < -0.4 is 0 Å². The summed E-state index contributed by atoms with van der Waals surface area (Å²) in [7, 11) is -3.92. The van der Waals surface area contributed by atoms with Gasteiger partial charge in [-0.2, -0.15) is 16.1 Å². The van der Waals surface area contributed by atoms with E-state index in [1.54, 1.807) is 38.1 Å². The zero-order valence-electron chi connectivity index (χ0n) is 19.2. The number of benzene rings is 2. The highest BCUT2D eigenvalue weighted by Crippen LogP contribution is 2.38. The van der Waals surface area contributed by atoms with Crippen LogP contribution in [0.25, 0.3) is 11.1 Å². The van der Waals surface area contributed by atoms with Crippen LogP contribution in [0.1, 0.15) is 38.7 Å². The monoisotopic (exact) mass is 488 g/mol. The molecular weight excluding hydrogens is 456 g/mol. The molecule has 2 aliphatic heterocycles. The van der Waals surface area contributed by atoms with Crippen molar-refractivity contribution >= 4 is 27.8 Å². The van der Waals surface area contributed by atoms with E-state index in [0.29, 0.717) is 5.75 Å². The van der Waals surface area contributed by atoms with Gasteiger partial charge < -0.3 is 5.11 Å². The SMILES string of the molecule is CC1(C)SCCN(S(=O)(=O)c2ccc(-c3ccc(CN4CCCCC4)cc3)cc2)[C@H]1C(=O)O. The number of thioether (sulfide) groups is 1. The fraction of sp³-hybridized carbons (Fsp3) is 0.480. The molecule has 0 bridgehead atoms. The molecule has 2 heterocycles. The summed E-state index contributed by atoms with van der Waals surface area (Å²) in [5.41, 5.74) is 3.24. The molecule has 2 fully saturated rings. The van der Waals surface area contributed by atoms with E-state index in [4.69, 9.17) is 0 Å². The smallest absolute Gasteiger partial charge is 0.323 e. The number of carboxylic acid groups (broad SMARTS) is 1. The van der Waals surface area contributed by atoms with E-state index in [2.05, 4.69) is 29.2 Å². The van der Waals surface area contributed by atoms with Crippen LogP contribution in [-0.2, 0) is 21.4 Å². The van der Waals surface area contributed by atoms with E-state index in [9.17, 15) is 18.3 Å². The van der Waals surface area contributed by atoms with Gasteiger partial charge in [0.2, 0.25) is 10.0 Å². The molecule has 0 saturated carbocycles. The molecule has 6 nitrogen and oxygen atoms in total. The van der Waals surface area contributed by atoms with Crippen LogP contribution in [0.5, 0.6) is 0 Å². The Morgan fingerprint density at radius 1 is 0.970 bits per heavy atom. The fourth-order valence-electron chi connectivity index (χ4n) is 4.77. The average molecular weight is 489 g/mol. The maximum Gasteiger partial charge on any atom is 0.323 e. The molecule has 2 saturated heterocycles. The second-order valence-electron chi connectivity index (χ2n) is 9.37. The lowest BCUT2D eigenvalue weighted by molar-refractivity contribution is -0.142. The molecule has 2 aromatic rings. The Kier molecular flexibility index (Phi) is 7.19. The maximum absolute atomic E-state index is 13.3. The first-order valence-electron chi connectivity index (χ1n) is 11.5. The number of aliphatic carboxylic acids is 1. The van der Waals surface area contributed by atoms with E-state index in [1.165, 1.54) is 36.6 Å². The Labute approximate surface area is 201 Å². The summed E-state index contributed by atoms with van der Waals surface area (Å²) in [6.07, 6.45) is 3.87. The number of hydrogen-bond donors (Lipinski definition) is 1. The van der Waals surface area contributed by atoms with Crippen molar-refractivity contribution in [3.8, 4) is 11.1 Å². The van der Waals surface area contributed by atoms with Gasteiger partial charge in [-0.15, -0.1) is 0 Å². The van der Waals surface area contributed by atoms with Crippen molar-refractivity contribution in [3.05, 3.63) is 54.1 Å². The van der Waals surface area contributed by atoms with Gasteiger partial charge in [-0.25, -0.2) is 8.42 Å². The number of rotatable bonds is 6. The van der Waals surface area contributed by atoms with Crippen molar-refractivity contribution in [2.45, 2.75) is 55.3 Å². The van der Waals surface area contributed by atoms with Crippen molar-refractivity contribution in [1.29, 1.82) is 0 Å². The van der Waals surface area contributed by atoms with E-state index >= 15 is 0 Å². The minimum atomic E-state index is -3.92. The molecule has 8 heteroatoms. The molecule has 0 unspecified atom stereocenters. The van der Waals surface area contributed by atoms with Crippen molar-refractivity contribution in [2.75, 3.05) is 25.4 Å². The standard InChI is InChI=1S/C25H32N2O4S2/c1-25(2)23(24(28)29)27(16-17-32-25)33(30,31)22-12-10-21(11-13-22)20-8-6-19(7-9-20)18-26-14-4-3-5-15-26/h6-13,23H,3-5,14-18H2,1-2H3,(H,28,29)/t23-/m0/s1. The number of likely N-dealkylation sites (tertiary alicyclic amines) is 1. The van der Waals surface area contributed by atoms with Gasteiger partial charge in [0, 0.05) is 23.6 Å². The number of sulfonamides is 1. The van der Waals surface area contributed by atoms with Crippen molar-refractivity contribution in [3.63, 3.8) is 0 Å². The molecule has 0 amide bonds. The molecular formula is C25H32N2O4S2. The highest BCUT2D eigenvalue weighted by Gasteiger charge is 2.48. The topological polar surface area (TPSA) is 77.9 Å². The summed E-state index contributed by atoms with van der Waals surface area (Å²) in [4.78, 5) is 14.5. The fourth-order valence-corrected chi connectivity index (χ4v) is 7.86. The molecule has 2 aromatic carbocycles. The minimum Gasteiger partial charge on any atom is -0.480 e. The first kappa shape index (κ1) is 24.3. The number of hydrogen-bond acceptors (Lipinski definition) is 5. The molecule has 0 aromatic heterocycles.